The topological polar surface area (TPSA) is 66.5 Å². The lowest BCUT2D eigenvalue weighted by Gasteiger charge is -2.31. The number of amides is 2. The van der Waals surface area contributed by atoms with E-state index in [1.807, 2.05) is 79.7 Å². The number of hydrogen-bond donors (Lipinski definition) is 2. The van der Waals surface area contributed by atoms with Crippen LogP contribution in [0, 0.1) is 5.41 Å². The summed E-state index contributed by atoms with van der Waals surface area (Å²) in [7, 11) is 3.94. The molecule has 0 bridgehead atoms. The van der Waals surface area contributed by atoms with E-state index in [9.17, 15) is 4.79 Å². The Morgan fingerprint density at radius 3 is 2.44 bits per heavy atom. The average Bonchev–Trinajstić information content (AvgIpc) is 2.77. The lowest BCUT2D eigenvalue weighted by Crippen LogP contribution is -2.39. The highest BCUT2D eigenvalue weighted by molar-refractivity contribution is 5.91. The molecule has 0 saturated heterocycles. The summed E-state index contributed by atoms with van der Waals surface area (Å²) in [5, 5.41) is 6.08. The summed E-state index contributed by atoms with van der Waals surface area (Å²) in [6, 6.07) is 19.1. The predicted octanol–water partition coefficient (Wildman–Crippen LogP) is 5.64. The monoisotopic (exact) mass is 432 g/mol. The molecule has 3 rings (SSSR count). The number of benzene rings is 2. The van der Waals surface area contributed by atoms with Gasteiger partial charge in [-0.2, -0.15) is 0 Å². The number of rotatable bonds is 7. The van der Waals surface area contributed by atoms with Gasteiger partial charge >= 0.3 is 6.03 Å². The zero-order chi connectivity index (χ0) is 23.1. The van der Waals surface area contributed by atoms with Gasteiger partial charge in [0.25, 0.3) is 0 Å². The quantitative estimate of drug-likeness (QED) is 0.507. The molecule has 1 aromatic heterocycles. The van der Waals surface area contributed by atoms with E-state index in [0.29, 0.717) is 18.0 Å². The van der Waals surface area contributed by atoms with Gasteiger partial charge in [0, 0.05) is 38.2 Å². The van der Waals surface area contributed by atoms with Crippen molar-refractivity contribution >= 4 is 17.4 Å². The van der Waals surface area contributed by atoms with Crippen molar-refractivity contribution in [1.29, 1.82) is 0 Å². The molecule has 0 aliphatic carbocycles. The first-order chi connectivity index (χ1) is 15.2. The Hall–Kier alpha value is -3.54. The van der Waals surface area contributed by atoms with E-state index in [-0.39, 0.29) is 17.5 Å². The number of nitrogens with one attached hydrogen (secondary N) is 2. The molecule has 2 N–H and O–H groups in total. The maximum atomic E-state index is 13.0. The molecule has 1 atom stereocenters. The highest BCUT2D eigenvalue weighted by Gasteiger charge is 2.28. The minimum absolute atomic E-state index is 0.193. The molecule has 3 aromatic rings. The van der Waals surface area contributed by atoms with Crippen molar-refractivity contribution in [2.45, 2.75) is 33.4 Å². The summed E-state index contributed by atoms with van der Waals surface area (Å²) in [4.78, 5) is 19.2. The predicted molar refractivity (Wildman–Crippen MR) is 130 cm³/mol. The minimum Gasteiger partial charge on any atom is -0.487 e. The fourth-order valence-corrected chi connectivity index (χ4v) is 3.38. The number of urea groups is 1. The molecule has 2 aromatic carbocycles. The third-order valence-corrected chi connectivity index (χ3v) is 5.13. The Kier molecular flexibility index (Phi) is 7.36. The van der Waals surface area contributed by atoms with Crippen LogP contribution < -0.4 is 20.3 Å². The van der Waals surface area contributed by atoms with Crippen LogP contribution in [0.2, 0.25) is 0 Å². The molecule has 1 unspecified atom stereocenters. The average molecular weight is 433 g/mol. The number of carbonyl (C=O) groups is 1. The summed E-state index contributed by atoms with van der Waals surface area (Å²) in [5.41, 5.74) is 3.42. The third kappa shape index (κ3) is 6.23. The van der Waals surface area contributed by atoms with Crippen molar-refractivity contribution in [2.24, 2.45) is 5.41 Å². The Morgan fingerprint density at radius 1 is 1.06 bits per heavy atom. The number of pyridine rings is 1. The molecule has 0 radical (unpaired) electrons. The lowest BCUT2D eigenvalue weighted by molar-refractivity contribution is 0.229. The van der Waals surface area contributed by atoms with E-state index in [2.05, 4.69) is 36.4 Å². The van der Waals surface area contributed by atoms with E-state index in [4.69, 9.17) is 4.74 Å². The smallest absolute Gasteiger partial charge is 0.319 e. The van der Waals surface area contributed by atoms with Crippen molar-refractivity contribution in [3.8, 4) is 5.75 Å². The second-order valence-electron chi connectivity index (χ2n) is 9.03. The van der Waals surface area contributed by atoms with Crippen molar-refractivity contribution < 1.29 is 9.53 Å². The maximum absolute atomic E-state index is 13.0. The van der Waals surface area contributed by atoms with E-state index in [1.165, 1.54) is 0 Å². The SMILES string of the molecule is CN(C)c1ccc(NC(=O)NC(c2cccnc2)C(C)(C)C)c(OCc2ccccc2)c1. The zero-order valence-corrected chi connectivity index (χ0v) is 19.4. The fraction of sp³-hybridized carbons (Fsp3) is 0.308. The molecule has 1 heterocycles. The number of aromatic nitrogens is 1. The maximum Gasteiger partial charge on any atom is 0.319 e. The molecule has 168 valence electrons. The van der Waals surface area contributed by atoms with Gasteiger partial charge in [0.2, 0.25) is 0 Å². The standard InChI is InChI=1S/C26H32N4O2/c1-26(2,3)24(20-12-9-15-27-17-20)29-25(31)28-22-14-13-21(30(4)5)16-23(22)32-18-19-10-7-6-8-11-19/h6-17,24H,18H2,1-5H3,(H2,28,29,31). The zero-order valence-electron chi connectivity index (χ0n) is 19.4. The summed E-state index contributed by atoms with van der Waals surface area (Å²) in [6.45, 7) is 6.68. The molecule has 32 heavy (non-hydrogen) atoms. The van der Waals surface area contributed by atoms with Crippen LogP contribution in [0.15, 0.2) is 73.1 Å². The first-order valence-corrected chi connectivity index (χ1v) is 10.7. The molecule has 6 nitrogen and oxygen atoms in total. The van der Waals surface area contributed by atoms with Crippen molar-refractivity contribution in [3.63, 3.8) is 0 Å². The van der Waals surface area contributed by atoms with Crippen LogP contribution >= 0.6 is 0 Å². The van der Waals surface area contributed by atoms with Gasteiger partial charge in [0.15, 0.2) is 0 Å². The lowest BCUT2D eigenvalue weighted by atomic mass is 9.83. The van der Waals surface area contributed by atoms with Crippen molar-refractivity contribution in [1.82, 2.24) is 10.3 Å². The molecule has 0 aliphatic rings. The Morgan fingerprint density at radius 2 is 1.81 bits per heavy atom. The molecule has 0 fully saturated rings. The third-order valence-electron chi connectivity index (χ3n) is 5.13. The Balaban J connectivity index is 1.79. The van der Waals surface area contributed by atoms with Gasteiger partial charge < -0.3 is 20.3 Å². The molecule has 0 saturated carbocycles. The normalized spacial score (nSPS) is 12.0. The molecular formula is C26H32N4O2. The van der Waals surface area contributed by atoms with Gasteiger partial charge in [0.05, 0.1) is 11.7 Å². The molecular weight excluding hydrogens is 400 g/mol. The van der Waals surface area contributed by atoms with E-state index >= 15 is 0 Å². The minimum atomic E-state index is -0.295. The van der Waals surface area contributed by atoms with E-state index < -0.39 is 0 Å². The van der Waals surface area contributed by atoms with Gasteiger partial charge in [-0.05, 0) is 34.7 Å². The molecule has 6 heteroatoms. The van der Waals surface area contributed by atoms with Crippen LogP contribution in [0.25, 0.3) is 0 Å². The van der Waals surface area contributed by atoms with Gasteiger partial charge in [-0.3, -0.25) is 4.98 Å². The first-order valence-electron chi connectivity index (χ1n) is 10.7. The molecule has 0 spiro atoms. The summed E-state index contributed by atoms with van der Waals surface area (Å²) in [5.74, 6) is 0.615. The van der Waals surface area contributed by atoms with Gasteiger partial charge in [-0.15, -0.1) is 0 Å². The number of ether oxygens (including phenoxy) is 1. The number of anilines is 2. The largest absolute Gasteiger partial charge is 0.487 e. The molecule has 0 aliphatic heterocycles. The van der Waals surface area contributed by atoms with Crippen molar-refractivity contribution in [3.05, 3.63) is 84.2 Å². The van der Waals surface area contributed by atoms with E-state index in [1.54, 1.807) is 12.4 Å². The Bertz CT molecular complexity index is 1020. The van der Waals surface area contributed by atoms with Crippen LogP contribution in [0.5, 0.6) is 5.75 Å². The first kappa shape index (κ1) is 23.1. The van der Waals surface area contributed by atoms with Crippen LogP contribution in [-0.2, 0) is 6.61 Å². The highest BCUT2D eigenvalue weighted by atomic mass is 16.5. The summed E-state index contributed by atoms with van der Waals surface area (Å²) < 4.78 is 6.09. The van der Waals surface area contributed by atoms with Gasteiger partial charge in [0.1, 0.15) is 12.4 Å². The van der Waals surface area contributed by atoms with Crippen LogP contribution in [-0.4, -0.2) is 25.1 Å². The fourth-order valence-electron chi connectivity index (χ4n) is 3.38. The molecule has 2 amide bonds. The number of carbonyl (C=O) groups excluding carboxylic acids is 1. The number of hydrogen-bond acceptors (Lipinski definition) is 4. The summed E-state index contributed by atoms with van der Waals surface area (Å²) >= 11 is 0. The second kappa shape index (κ2) is 10.2. The van der Waals surface area contributed by atoms with Crippen LogP contribution in [0.4, 0.5) is 16.2 Å². The van der Waals surface area contributed by atoms with Crippen molar-refractivity contribution in [2.75, 3.05) is 24.3 Å². The van der Waals surface area contributed by atoms with Crippen LogP contribution in [0.3, 0.4) is 0 Å². The summed E-state index contributed by atoms with van der Waals surface area (Å²) in [6.07, 6.45) is 3.52. The second-order valence-corrected chi connectivity index (χ2v) is 9.03. The van der Waals surface area contributed by atoms with Gasteiger partial charge in [-0.1, -0.05) is 57.2 Å². The van der Waals surface area contributed by atoms with Crippen LogP contribution in [0.1, 0.15) is 37.9 Å². The van der Waals surface area contributed by atoms with E-state index in [0.717, 1.165) is 16.8 Å². The van der Waals surface area contributed by atoms with Gasteiger partial charge in [-0.25, -0.2) is 4.79 Å². The number of nitrogens with zero attached hydrogens (tertiary/aromatic N) is 2. The Labute approximate surface area is 190 Å². The highest BCUT2D eigenvalue weighted by Crippen LogP contribution is 2.33.